The van der Waals surface area contributed by atoms with Gasteiger partial charge >= 0.3 is 0 Å². The fourth-order valence-electron chi connectivity index (χ4n) is 2.38. The van der Waals surface area contributed by atoms with Crippen LogP contribution in [0.25, 0.3) is 0 Å². The van der Waals surface area contributed by atoms with Gasteiger partial charge in [-0.2, -0.15) is 0 Å². The maximum atomic E-state index is 8.52. The molecule has 1 unspecified atom stereocenters. The molecule has 0 heterocycles. The molecule has 0 aromatic rings. The van der Waals surface area contributed by atoms with E-state index in [4.69, 9.17) is 28.8 Å². The van der Waals surface area contributed by atoms with Gasteiger partial charge in [0.15, 0.2) is 0 Å². The third kappa shape index (κ3) is 21.7. The van der Waals surface area contributed by atoms with Gasteiger partial charge in [-0.1, -0.05) is 39.5 Å². The van der Waals surface area contributed by atoms with Crippen LogP contribution in [-0.2, 0) is 23.7 Å². The van der Waals surface area contributed by atoms with Gasteiger partial charge in [0.05, 0.1) is 66.1 Å². The smallest absolute Gasteiger partial charge is 0.0701 e. The van der Waals surface area contributed by atoms with E-state index in [1.807, 2.05) is 0 Å². The lowest BCUT2D eigenvalue weighted by atomic mass is 9.99. The molecule has 0 aromatic carbocycles. The summed E-state index contributed by atoms with van der Waals surface area (Å²) in [6, 6.07) is 0. The summed E-state index contributed by atoms with van der Waals surface area (Å²) in [6.07, 6.45) is 6.33. The fourth-order valence-corrected chi connectivity index (χ4v) is 2.38. The van der Waals surface area contributed by atoms with Gasteiger partial charge in [-0.15, -0.1) is 0 Å². The van der Waals surface area contributed by atoms with E-state index < -0.39 is 0 Å². The Morgan fingerprint density at radius 2 is 1.04 bits per heavy atom. The second-order valence-electron chi connectivity index (χ2n) is 6.18. The highest BCUT2D eigenvalue weighted by Gasteiger charge is 2.00. The van der Waals surface area contributed by atoms with Crippen LogP contribution < -0.4 is 0 Å². The first-order valence-electron chi connectivity index (χ1n) is 9.80. The molecule has 152 valence electrons. The molecule has 1 atom stereocenters. The second-order valence-corrected chi connectivity index (χ2v) is 6.18. The Labute approximate surface area is 154 Å². The highest BCUT2D eigenvalue weighted by atomic mass is 16.6. The molecule has 6 heteroatoms. The van der Waals surface area contributed by atoms with Gasteiger partial charge in [0, 0.05) is 6.61 Å². The molecule has 25 heavy (non-hydrogen) atoms. The standard InChI is InChI=1S/C19H40O6/c1-3-6-19(2)7-4-5-9-21-11-13-23-15-17-25-18-16-24-14-12-22-10-8-20/h19-20H,3-18H2,1-2H3. The van der Waals surface area contributed by atoms with Gasteiger partial charge < -0.3 is 28.8 Å². The van der Waals surface area contributed by atoms with Crippen molar-refractivity contribution in [2.24, 2.45) is 5.92 Å². The number of hydrogen-bond donors (Lipinski definition) is 1. The molecule has 0 radical (unpaired) electrons. The zero-order valence-electron chi connectivity index (χ0n) is 16.4. The zero-order valence-corrected chi connectivity index (χ0v) is 16.4. The molecule has 0 fully saturated rings. The zero-order chi connectivity index (χ0) is 18.4. The predicted molar refractivity (Wildman–Crippen MR) is 99.1 cm³/mol. The molecule has 1 N–H and O–H groups in total. The van der Waals surface area contributed by atoms with Crippen LogP contribution in [0.4, 0.5) is 0 Å². The van der Waals surface area contributed by atoms with E-state index in [9.17, 15) is 0 Å². The summed E-state index contributed by atoms with van der Waals surface area (Å²) < 4.78 is 26.8. The SMILES string of the molecule is CCCC(C)CCCCOCCOCCOCCOCCOCCO. The fraction of sp³-hybridized carbons (Fsp3) is 1.00. The van der Waals surface area contributed by atoms with E-state index >= 15 is 0 Å². The Morgan fingerprint density at radius 3 is 1.48 bits per heavy atom. The number of rotatable bonds is 21. The lowest BCUT2D eigenvalue weighted by Gasteiger charge is -2.10. The number of hydrogen-bond acceptors (Lipinski definition) is 6. The minimum absolute atomic E-state index is 0.0481. The summed E-state index contributed by atoms with van der Waals surface area (Å²) in [6.45, 7) is 10.4. The average molecular weight is 365 g/mol. The average Bonchev–Trinajstić information content (AvgIpc) is 2.61. The summed E-state index contributed by atoms with van der Waals surface area (Å²) in [7, 11) is 0. The Kier molecular flexibility index (Phi) is 21.6. The molecule has 6 nitrogen and oxygen atoms in total. The van der Waals surface area contributed by atoms with Crippen LogP contribution >= 0.6 is 0 Å². The summed E-state index contributed by atoms with van der Waals surface area (Å²) in [5, 5.41) is 8.52. The lowest BCUT2D eigenvalue weighted by molar-refractivity contribution is -0.0134. The third-order valence-corrected chi connectivity index (χ3v) is 3.74. The Morgan fingerprint density at radius 1 is 0.600 bits per heavy atom. The highest BCUT2D eigenvalue weighted by Crippen LogP contribution is 2.13. The van der Waals surface area contributed by atoms with Crippen molar-refractivity contribution in [3.8, 4) is 0 Å². The minimum Gasteiger partial charge on any atom is -0.394 e. The molecule has 0 spiro atoms. The number of unbranched alkanes of at least 4 members (excludes halogenated alkanes) is 1. The van der Waals surface area contributed by atoms with E-state index in [1.54, 1.807) is 0 Å². The molecule has 0 aromatic heterocycles. The van der Waals surface area contributed by atoms with Crippen LogP contribution in [0.2, 0.25) is 0 Å². The van der Waals surface area contributed by atoms with Crippen molar-refractivity contribution < 1.29 is 28.8 Å². The number of ether oxygens (including phenoxy) is 5. The van der Waals surface area contributed by atoms with Crippen molar-refractivity contribution in [3.05, 3.63) is 0 Å². The van der Waals surface area contributed by atoms with Crippen LogP contribution in [0, 0.1) is 5.92 Å². The minimum atomic E-state index is 0.0481. The van der Waals surface area contributed by atoms with Gasteiger partial charge in [0.2, 0.25) is 0 Å². The van der Waals surface area contributed by atoms with Crippen molar-refractivity contribution in [2.75, 3.05) is 72.7 Å². The van der Waals surface area contributed by atoms with E-state index in [0.29, 0.717) is 59.5 Å². The monoisotopic (exact) mass is 364 g/mol. The van der Waals surface area contributed by atoms with Crippen molar-refractivity contribution in [3.63, 3.8) is 0 Å². The second kappa shape index (κ2) is 21.8. The molecule has 0 bridgehead atoms. The molecular formula is C19H40O6. The first-order valence-corrected chi connectivity index (χ1v) is 9.80. The largest absolute Gasteiger partial charge is 0.394 e. The van der Waals surface area contributed by atoms with E-state index in [0.717, 1.165) is 18.9 Å². The number of aliphatic hydroxyl groups is 1. The summed E-state index contributed by atoms with van der Waals surface area (Å²) >= 11 is 0. The molecule has 0 aliphatic rings. The van der Waals surface area contributed by atoms with Crippen molar-refractivity contribution in [2.45, 2.75) is 46.0 Å². The molecule has 0 aliphatic carbocycles. The summed E-state index contributed by atoms with van der Waals surface area (Å²) in [4.78, 5) is 0. The molecular weight excluding hydrogens is 324 g/mol. The normalized spacial score (nSPS) is 12.6. The summed E-state index contributed by atoms with van der Waals surface area (Å²) in [5.41, 5.74) is 0. The Bertz CT molecular complexity index is 240. The molecule has 0 saturated heterocycles. The maximum Gasteiger partial charge on any atom is 0.0701 e. The van der Waals surface area contributed by atoms with Gasteiger partial charge in [0.25, 0.3) is 0 Å². The first-order chi connectivity index (χ1) is 12.3. The number of aliphatic hydroxyl groups excluding tert-OH is 1. The Balaban J connectivity index is 3.00. The molecule has 0 amide bonds. The highest BCUT2D eigenvalue weighted by molar-refractivity contribution is 4.52. The third-order valence-electron chi connectivity index (χ3n) is 3.74. The van der Waals surface area contributed by atoms with Gasteiger partial charge in [0.1, 0.15) is 0 Å². The van der Waals surface area contributed by atoms with Crippen LogP contribution in [0.3, 0.4) is 0 Å². The van der Waals surface area contributed by atoms with Gasteiger partial charge in [-0.3, -0.25) is 0 Å². The lowest BCUT2D eigenvalue weighted by Crippen LogP contribution is -2.13. The van der Waals surface area contributed by atoms with Crippen LogP contribution in [-0.4, -0.2) is 77.8 Å². The molecule has 0 rings (SSSR count). The van der Waals surface area contributed by atoms with Crippen molar-refractivity contribution >= 4 is 0 Å². The van der Waals surface area contributed by atoms with Gasteiger partial charge in [-0.25, -0.2) is 0 Å². The van der Waals surface area contributed by atoms with E-state index in [-0.39, 0.29) is 6.61 Å². The summed E-state index contributed by atoms with van der Waals surface area (Å²) in [5.74, 6) is 0.846. The Hall–Kier alpha value is -0.240. The van der Waals surface area contributed by atoms with Crippen molar-refractivity contribution in [1.82, 2.24) is 0 Å². The van der Waals surface area contributed by atoms with E-state index in [2.05, 4.69) is 13.8 Å². The van der Waals surface area contributed by atoms with E-state index in [1.165, 1.54) is 25.7 Å². The molecule has 0 saturated carbocycles. The maximum absolute atomic E-state index is 8.52. The predicted octanol–water partition coefficient (Wildman–Crippen LogP) is 2.67. The molecule has 0 aliphatic heterocycles. The quantitative estimate of drug-likeness (QED) is 0.316. The topological polar surface area (TPSA) is 66.4 Å². The van der Waals surface area contributed by atoms with Crippen LogP contribution in [0.5, 0.6) is 0 Å². The van der Waals surface area contributed by atoms with Crippen molar-refractivity contribution in [1.29, 1.82) is 0 Å². The van der Waals surface area contributed by atoms with Crippen LogP contribution in [0.1, 0.15) is 46.0 Å². The first kappa shape index (κ1) is 24.8. The van der Waals surface area contributed by atoms with Gasteiger partial charge in [-0.05, 0) is 12.3 Å². The van der Waals surface area contributed by atoms with Crippen LogP contribution in [0.15, 0.2) is 0 Å².